The molecule has 1 aromatic rings. The first-order valence-corrected chi connectivity index (χ1v) is 4.59. The molecule has 0 saturated carbocycles. The number of aromatic nitrogens is 1. The van der Waals surface area contributed by atoms with E-state index in [1.54, 1.807) is 0 Å². The Labute approximate surface area is 90.5 Å². The van der Waals surface area contributed by atoms with Crippen LogP contribution in [0.5, 0.6) is 0 Å². The van der Waals surface area contributed by atoms with Crippen LogP contribution in [0.15, 0.2) is 18.3 Å². The largest absolute Gasteiger partial charge is 0.478 e. The van der Waals surface area contributed by atoms with Crippen molar-refractivity contribution in [3.05, 3.63) is 23.9 Å². The molecule has 0 radical (unpaired) electrons. The molecule has 6 heteroatoms. The Bertz CT molecular complexity index is 466. The van der Waals surface area contributed by atoms with Gasteiger partial charge in [-0.15, -0.1) is 0 Å². The predicted octanol–water partition coefficient (Wildman–Crippen LogP) is 0.0856. The van der Waals surface area contributed by atoms with Gasteiger partial charge in [0.25, 0.3) is 0 Å². The van der Waals surface area contributed by atoms with E-state index >= 15 is 0 Å². The number of hydrogen-bond acceptors (Lipinski definition) is 4. The molecule has 1 N–H and O–H groups in total. The van der Waals surface area contributed by atoms with Crippen LogP contribution >= 0.6 is 0 Å². The number of carboxylic acid groups (broad SMARTS) is 1. The van der Waals surface area contributed by atoms with Gasteiger partial charge in [-0.2, -0.15) is 0 Å². The first-order valence-electron chi connectivity index (χ1n) is 4.59. The van der Waals surface area contributed by atoms with E-state index in [0.717, 1.165) is 6.20 Å². The number of amides is 1. The average molecular weight is 220 g/mol. The summed E-state index contributed by atoms with van der Waals surface area (Å²) in [7, 11) is 0. The molecule has 16 heavy (non-hydrogen) atoms. The summed E-state index contributed by atoms with van der Waals surface area (Å²) in [5, 5.41) is 8.66. The van der Waals surface area contributed by atoms with Crippen LogP contribution < -0.4 is 4.90 Å². The van der Waals surface area contributed by atoms with Crippen molar-refractivity contribution in [2.24, 2.45) is 0 Å². The van der Waals surface area contributed by atoms with E-state index in [2.05, 4.69) is 4.98 Å². The van der Waals surface area contributed by atoms with Crippen LogP contribution in [0.4, 0.5) is 5.82 Å². The number of nitrogens with zero attached hydrogens (tertiary/aromatic N) is 2. The fourth-order valence-electron chi connectivity index (χ4n) is 1.47. The summed E-state index contributed by atoms with van der Waals surface area (Å²) in [6, 6.07) is 2.76. The predicted molar refractivity (Wildman–Crippen MR) is 53.2 cm³/mol. The van der Waals surface area contributed by atoms with Gasteiger partial charge < -0.3 is 5.11 Å². The minimum Gasteiger partial charge on any atom is -0.478 e. The summed E-state index contributed by atoms with van der Waals surface area (Å²) in [4.78, 5) is 38.0. The van der Waals surface area contributed by atoms with Gasteiger partial charge in [-0.3, -0.25) is 14.5 Å². The molecule has 0 atom stereocenters. The average Bonchev–Trinajstić information content (AvgIpc) is 2.58. The minimum absolute atomic E-state index is 0.0122. The van der Waals surface area contributed by atoms with Gasteiger partial charge in [-0.25, -0.2) is 9.78 Å². The smallest absolute Gasteiger partial charge is 0.337 e. The van der Waals surface area contributed by atoms with Crippen LogP contribution in [-0.4, -0.2) is 34.3 Å². The number of Topliss-reactive ketones (excluding diaryl/α,β-unsaturated/α-hetero) is 1. The SMILES string of the molecule is O=C1CC(=O)N(c2ccc(C(=O)O)cn2)C1. The lowest BCUT2D eigenvalue weighted by molar-refractivity contribution is -0.121. The molecule has 6 nitrogen and oxygen atoms in total. The number of carbonyl (C=O) groups is 3. The highest BCUT2D eigenvalue weighted by molar-refractivity contribution is 6.14. The molecule has 2 rings (SSSR count). The summed E-state index contributed by atoms with van der Waals surface area (Å²) in [6.45, 7) is 0.0122. The van der Waals surface area contributed by atoms with Gasteiger partial charge in [0.05, 0.1) is 18.5 Å². The van der Waals surface area contributed by atoms with Crippen LogP contribution in [0.2, 0.25) is 0 Å². The van der Waals surface area contributed by atoms with Crippen LogP contribution in [0, 0.1) is 0 Å². The van der Waals surface area contributed by atoms with Crippen molar-refractivity contribution in [1.82, 2.24) is 4.98 Å². The van der Waals surface area contributed by atoms with Gasteiger partial charge in [-0.05, 0) is 12.1 Å². The van der Waals surface area contributed by atoms with Crippen LogP contribution in [0.25, 0.3) is 0 Å². The van der Waals surface area contributed by atoms with Gasteiger partial charge in [0.15, 0.2) is 5.78 Å². The number of anilines is 1. The van der Waals surface area contributed by atoms with Crippen molar-refractivity contribution >= 4 is 23.5 Å². The molecule has 2 heterocycles. The number of pyridine rings is 1. The van der Waals surface area contributed by atoms with Gasteiger partial charge in [0, 0.05) is 6.20 Å². The maximum absolute atomic E-state index is 11.4. The second kappa shape index (κ2) is 3.73. The number of rotatable bonds is 2. The van der Waals surface area contributed by atoms with E-state index in [1.165, 1.54) is 17.0 Å². The van der Waals surface area contributed by atoms with E-state index in [0.29, 0.717) is 5.82 Å². The highest BCUT2D eigenvalue weighted by Crippen LogP contribution is 2.17. The lowest BCUT2D eigenvalue weighted by Crippen LogP contribution is -2.25. The third-order valence-electron chi connectivity index (χ3n) is 2.26. The molecule has 1 fully saturated rings. The fraction of sp³-hybridized carbons (Fsp3) is 0.200. The summed E-state index contributed by atoms with van der Waals surface area (Å²) >= 11 is 0. The zero-order valence-corrected chi connectivity index (χ0v) is 8.21. The molecule has 1 amide bonds. The number of aromatic carboxylic acids is 1. The maximum Gasteiger partial charge on any atom is 0.337 e. The Morgan fingerprint density at radius 1 is 1.38 bits per heavy atom. The van der Waals surface area contributed by atoms with Crippen LogP contribution in [0.3, 0.4) is 0 Å². The Balaban J connectivity index is 2.25. The van der Waals surface area contributed by atoms with E-state index in [1.807, 2.05) is 0 Å². The van der Waals surface area contributed by atoms with Gasteiger partial charge in [0.1, 0.15) is 5.82 Å². The quantitative estimate of drug-likeness (QED) is 0.713. The lowest BCUT2D eigenvalue weighted by atomic mass is 10.3. The molecular formula is C10H8N2O4. The minimum atomic E-state index is -1.08. The molecule has 0 unspecified atom stereocenters. The van der Waals surface area contributed by atoms with Crippen molar-refractivity contribution in [1.29, 1.82) is 0 Å². The van der Waals surface area contributed by atoms with Gasteiger partial charge in [0.2, 0.25) is 5.91 Å². The molecule has 0 aromatic carbocycles. The lowest BCUT2D eigenvalue weighted by Gasteiger charge is -2.12. The second-order valence-electron chi connectivity index (χ2n) is 3.41. The molecule has 1 aromatic heterocycles. The molecule has 82 valence electrons. The third kappa shape index (κ3) is 1.77. The Hall–Kier alpha value is -2.24. The summed E-state index contributed by atoms with van der Waals surface area (Å²) in [5.41, 5.74) is 0.0433. The molecule has 0 bridgehead atoms. The number of carboxylic acids is 1. The zero-order chi connectivity index (χ0) is 11.7. The van der Waals surface area contributed by atoms with E-state index in [9.17, 15) is 14.4 Å². The highest BCUT2D eigenvalue weighted by Gasteiger charge is 2.29. The molecule has 1 saturated heterocycles. The fourth-order valence-corrected chi connectivity index (χ4v) is 1.47. The molecule has 0 spiro atoms. The van der Waals surface area contributed by atoms with Crippen molar-refractivity contribution in [2.45, 2.75) is 6.42 Å². The molecule has 0 aliphatic carbocycles. The third-order valence-corrected chi connectivity index (χ3v) is 2.26. The Morgan fingerprint density at radius 3 is 2.56 bits per heavy atom. The van der Waals surface area contributed by atoms with Crippen LogP contribution in [-0.2, 0) is 9.59 Å². The highest BCUT2D eigenvalue weighted by atomic mass is 16.4. The summed E-state index contributed by atoms with van der Waals surface area (Å²) in [6.07, 6.45) is 1.05. The number of carbonyl (C=O) groups excluding carboxylic acids is 2. The second-order valence-corrected chi connectivity index (χ2v) is 3.41. The Morgan fingerprint density at radius 2 is 2.12 bits per heavy atom. The van der Waals surface area contributed by atoms with E-state index in [-0.39, 0.29) is 30.2 Å². The monoisotopic (exact) mass is 220 g/mol. The molecule has 1 aliphatic heterocycles. The number of hydrogen-bond donors (Lipinski definition) is 1. The summed E-state index contributed by atoms with van der Waals surface area (Å²) in [5.74, 6) is -1.24. The standard InChI is InChI=1S/C10H8N2O4/c13-7-3-9(14)12(5-7)8-2-1-6(4-11-8)10(15)16/h1-2,4H,3,5H2,(H,15,16). The van der Waals surface area contributed by atoms with Gasteiger partial charge in [-0.1, -0.05) is 0 Å². The first-order chi connectivity index (χ1) is 7.58. The normalized spacial score (nSPS) is 15.6. The van der Waals surface area contributed by atoms with Crippen molar-refractivity contribution in [2.75, 3.05) is 11.4 Å². The van der Waals surface area contributed by atoms with Gasteiger partial charge >= 0.3 is 5.97 Å². The van der Waals surface area contributed by atoms with Crippen LogP contribution in [0.1, 0.15) is 16.8 Å². The zero-order valence-electron chi connectivity index (χ0n) is 8.21. The van der Waals surface area contributed by atoms with Crippen molar-refractivity contribution < 1.29 is 19.5 Å². The summed E-state index contributed by atoms with van der Waals surface area (Å²) < 4.78 is 0. The molecular weight excluding hydrogens is 212 g/mol. The van der Waals surface area contributed by atoms with E-state index in [4.69, 9.17) is 5.11 Å². The van der Waals surface area contributed by atoms with Crippen molar-refractivity contribution in [3.8, 4) is 0 Å². The number of ketones is 1. The molecule has 1 aliphatic rings. The van der Waals surface area contributed by atoms with E-state index < -0.39 is 5.97 Å². The topological polar surface area (TPSA) is 87.6 Å². The first kappa shape index (κ1) is 10.3. The van der Waals surface area contributed by atoms with Crippen molar-refractivity contribution in [3.63, 3.8) is 0 Å². The maximum atomic E-state index is 11.4. The Kier molecular flexibility index (Phi) is 2.40.